The highest BCUT2D eigenvalue weighted by atomic mass is 16.2. The van der Waals surface area contributed by atoms with Crippen molar-refractivity contribution in [1.29, 1.82) is 0 Å². The van der Waals surface area contributed by atoms with Gasteiger partial charge in [0.2, 0.25) is 11.8 Å². The lowest BCUT2D eigenvalue weighted by Gasteiger charge is -2.31. The number of quaternary nitrogens is 1. The van der Waals surface area contributed by atoms with Gasteiger partial charge in [-0.2, -0.15) is 5.10 Å². The molecule has 1 aliphatic rings. The Balaban J connectivity index is 1.59. The van der Waals surface area contributed by atoms with E-state index in [2.05, 4.69) is 17.1 Å². The van der Waals surface area contributed by atoms with Gasteiger partial charge in [-0.15, -0.1) is 0 Å². The third-order valence-corrected chi connectivity index (χ3v) is 5.64. The third-order valence-electron chi connectivity index (χ3n) is 5.64. The maximum absolute atomic E-state index is 12.6. The zero-order valence-electron chi connectivity index (χ0n) is 17.6. The van der Waals surface area contributed by atoms with Crippen LogP contribution in [0.15, 0.2) is 6.07 Å². The highest BCUT2D eigenvalue weighted by molar-refractivity contribution is 5.84. The number of nitrogens with one attached hydrogen (secondary N) is 1. The van der Waals surface area contributed by atoms with Crippen LogP contribution in [-0.4, -0.2) is 83.0 Å². The summed E-state index contributed by atoms with van der Waals surface area (Å²) in [6.07, 6.45) is 0.945. The number of piperazine rings is 1. The molecular formula is C20H31N6O2+. The second kappa shape index (κ2) is 8.26. The van der Waals surface area contributed by atoms with Crippen LogP contribution in [0.2, 0.25) is 0 Å². The van der Waals surface area contributed by atoms with Gasteiger partial charge in [0.1, 0.15) is 0 Å². The Morgan fingerprint density at radius 3 is 2.57 bits per heavy atom. The fourth-order valence-corrected chi connectivity index (χ4v) is 3.75. The molecule has 0 bridgehead atoms. The van der Waals surface area contributed by atoms with E-state index in [4.69, 9.17) is 0 Å². The summed E-state index contributed by atoms with van der Waals surface area (Å²) in [5.74, 6) is 0.00876. The molecule has 0 atom stereocenters. The molecule has 1 fully saturated rings. The predicted molar refractivity (Wildman–Crippen MR) is 106 cm³/mol. The van der Waals surface area contributed by atoms with Crippen molar-refractivity contribution in [1.82, 2.24) is 24.4 Å². The van der Waals surface area contributed by atoms with Crippen LogP contribution < -0.4 is 4.90 Å². The second-order valence-corrected chi connectivity index (χ2v) is 7.90. The van der Waals surface area contributed by atoms with E-state index in [1.165, 1.54) is 4.90 Å². The molecule has 3 heterocycles. The van der Waals surface area contributed by atoms with Crippen LogP contribution in [0.3, 0.4) is 0 Å². The normalized spacial score (nSPS) is 15.2. The molecule has 2 aromatic heterocycles. The van der Waals surface area contributed by atoms with Crippen LogP contribution in [0.25, 0.3) is 5.65 Å². The van der Waals surface area contributed by atoms with Gasteiger partial charge in [-0.05, 0) is 32.8 Å². The number of likely N-dealkylation sites (N-methyl/N-ethyl adjacent to an activating group) is 2. The highest BCUT2D eigenvalue weighted by Gasteiger charge is 2.23. The number of aryl methyl sites for hydroxylation is 3. The van der Waals surface area contributed by atoms with Crippen LogP contribution in [0.4, 0.5) is 0 Å². The number of fused-ring (bicyclic) bond motifs is 1. The first-order chi connectivity index (χ1) is 13.3. The number of carbonyl (C=O) groups is 2. The number of hydrogen-bond acceptors (Lipinski definition) is 4. The van der Waals surface area contributed by atoms with Crippen molar-refractivity contribution in [2.45, 2.75) is 33.6 Å². The Morgan fingerprint density at radius 2 is 1.89 bits per heavy atom. The average molecular weight is 388 g/mol. The topological polar surface area (TPSA) is 75.2 Å². The van der Waals surface area contributed by atoms with Crippen molar-refractivity contribution < 1.29 is 14.5 Å². The van der Waals surface area contributed by atoms with Crippen LogP contribution >= 0.6 is 0 Å². The van der Waals surface area contributed by atoms with Gasteiger partial charge in [-0.1, -0.05) is 0 Å². The predicted octanol–water partition coefficient (Wildman–Crippen LogP) is -0.598. The van der Waals surface area contributed by atoms with Crippen molar-refractivity contribution >= 4 is 17.5 Å². The molecule has 0 aliphatic carbocycles. The van der Waals surface area contributed by atoms with E-state index >= 15 is 0 Å². The summed E-state index contributed by atoms with van der Waals surface area (Å²) >= 11 is 0. The van der Waals surface area contributed by atoms with E-state index < -0.39 is 0 Å². The molecule has 0 aromatic carbocycles. The molecule has 0 saturated carbocycles. The molecule has 8 heteroatoms. The molecule has 1 saturated heterocycles. The smallest absolute Gasteiger partial charge is 0.242 e. The molecule has 1 N–H and O–H groups in total. The summed E-state index contributed by atoms with van der Waals surface area (Å²) in [5.41, 5.74) is 4.75. The van der Waals surface area contributed by atoms with Gasteiger partial charge in [0.15, 0.2) is 5.65 Å². The number of nitrogens with zero attached hydrogens (tertiary/aromatic N) is 5. The molecule has 2 amide bonds. The lowest BCUT2D eigenvalue weighted by Crippen LogP contribution is -3.12. The SMILES string of the molecule is Cc1cc2nc(C)c(CCC(=O)N(C)CC(=O)N3CC[NH+](C)CC3)c(C)n2n1. The quantitative estimate of drug-likeness (QED) is 0.744. The summed E-state index contributed by atoms with van der Waals surface area (Å²) in [6, 6.07) is 1.95. The van der Waals surface area contributed by atoms with E-state index in [0.717, 1.165) is 54.5 Å². The van der Waals surface area contributed by atoms with E-state index in [0.29, 0.717) is 12.8 Å². The summed E-state index contributed by atoms with van der Waals surface area (Å²) in [4.78, 5) is 34.5. The zero-order chi connectivity index (χ0) is 20.4. The Bertz CT molecular complexity index is 882. The van der Waals surface area contributed by atoms with Crippen molar-refractivity contribution in [2.24, 2.45) is 0 Å². The van der Waals surface area contributed by atoms with Gasteiger partial charge in [-0.3, -0.25) is 9.59 Å². The lowest BCUT2D eigenvalue weighted by molar-refractivity contribution is -0.883. The van der Waals surface area contributed by atoms with E-state index in [1.807, 2.05) is 36.3 Å². The van der Waals surface area contributed by atoms with Crippen LogP contribution in [0, 0.1) is 20.8 Å². The Labute approximate surface area is 166 Å². The van der Waals surface area contributed by atoms with E-state index in [-0.39, 0.29) is 18.4 Å². The van der Waals surface area contributed by atoms with Gasteiger partial charge < -0.3 is 14.7 Å². The van der Waals surface area contributed by atoms with E-state index in [1.54, 1.807) is 11.9 Å². The molecule has 2 aromatic rings. The number of amides is 2. The highest BCUT2D eigenvalue weighted by Crippen LogP contribution is 2.17. The van der Waals surface area contributed by atoms with Crippen LogP contribution in [0.1, 0.15) is 29.1 Å². The number of aromatic nitrogens is 3. The first-order valence-electron chi connectivity index (χ1n) is 9.91. The minimum Gasteiger partial charge on any atom is -0.336 e. The average Bonchev–Trinajstić information content (AvgIpc) is 3.02. The van der Waals surface area contributed by atoms with Crippen molar-refractivity contribution in [3.63, 3.8) is 0 Å². The fourth-order valence-electron chi connectivity index (χ4n) is 3.75. The van der Waals surface area contributed by atoms with Crippen LogP contribution in [0.5, 0.6) is 0 Å². The fraction of sp³-hybridized carbons (Fsp3) is 0.600. The van der Waals surface area contributed by atoms with Crippen molar-refractivity contribution in [3.05, 3.63) is 28.7 Å². The Kier molecular flexibility index (Phi) is 5.98. The first-order valence-corrected chi connectivity index (χ1v) is 9.91. The second-order valence-electron chi connectivity index (χ2n) is 7.90. The third kappa shape index (κ3) is 4.32. The largest absolute Gasteiger partial charge is 0.336 e. The minimum atomic E-state index is -0.0244. The van der Waals surface area contributed by atoms with Gasteiger partial charge >= 0.3 is 0 Å². The Hall–Kier alpha value is -2.48. The van der Waals surface area contributed by atoms with Crippen molar-refractivity contribution in [2.75, 3.05) is 46.8 Å². The number of rotatable bonds is 5. The lowest BCUT2D eigenvalue weighted by atomic mass is 10.1. The maximum Gasteiger partial charge on any atom is 0.242 e. The molecule has 3 rings (SSSR count). The maximum atomic E-state index is 12.6. The summed E-state index contributed by atoms with van der Waals surface area (Å²) in [6.45, 7) is 9.52. The molecule has 152 valence electrons. The molecule has 0 unspecified atom stereocenters. The zero-order valence-corrected chi connectivity index (χ0v) is 17.6. The van der Waals surface area contributed by atoms with Crippen molar-refractivity contribution in [3.8, 4) is 0 Å². The molecule has 0 spiro atoms. The molecule has 1 aliphatic heterocycles. The van der Waals surface area contributed by atoms with Gasteiger partial charge in [0.05, 0.1) is 45.5 Å². The number of carbonyl (C=O) groups excluding carboxylic acids is 2. The summed E-state index contributed by atoms with van der Waals surface area (Å²) in [5, 5.41) is 4.48. The first kappa shape index (κ1) is 20.3. The van der Waals surface area contributed by atoms with E-state index in [9.17, 15) is 9.59 Å². The molecule has 8 nitrogen and oxygen atoms in total. The molecular weight excluding hydrogens is 356 g/mol. The minimum absolute atomic E-state index is 0.0244. The monoisotopic (exact) mass is 387 g/mol. The van der Waals surface area contributed by atoms with Gasteiger partial charge in [0, 0.05) is 30.9 Å². The molecule has 0 radical (unpaired) electrons. The molecule has 28 heavy (non-hydrogen) atoms. The van der Waals surface area contributed by atoms with Gasteiger partial charge in [-0.25, -0.2) is 9.50 Å². The van der Waals surface area contributed by atoms with Crippen LogP contribution in [-0.2, 0) is 16.0 Å². The summed E-state index contributed by atoms with van der Waals surface area (Å²) < 4.78 is 1.84. The summed E-state index contributed by atoms with van der Waals surface area (Å²) in [7, 11) is 3.85. The van der Waals surface area contributed by atoms with Gasteiger partial charge in [0.25, 0.3) is 0 Å². The Morgan fingerprint density at radius 1 is 1.21 bits per heavy atom. The standard InChI is InChI=1S/C20H30N6O2/c1-14-12-18-21-15(2)17(16(3)26(18)22-14)6-7-19(27)24(5)13-20(28)25-10-8-23(4)9-11-25/h12H,6-11,13H2,1-5H3/p+1. The number of hydrogen-bond donors (Lipinski definition) is 1.